The van der Waals surface area contributed by atoms with Crippen LogP contribution in [0, 0.1) is 11.7 Å². The van der Waals surface area contributed by atoms with E-state index in [2.05, 4.69) is 33.5 Å². The molecule has 3 nitrogen and oxygen atoms in total. The van der Waals surface area contributed by atoms with E-state index in [4.69, 9.17) is 0 Å². The van der Waals surface area contributed by atoms with E-state index in [1.807, 2.05) is 0 Å². The van der Waals surface area contributed by atoms with Gasteiger partial charge < -0.3 is 10.6 Å². The van der Waals surface area contributed by atoms with E-state index in [0.717, 1.165) is 23.0 Å². The van der Waals surface area contributed by atoms with Gasteiger partial charge in [-0.1, -0.05) is 28.9 Å². The number of rotatable bonds is 3. The van der Waals surface area contributed by atoms with E-state index < -0.39 is 0 Å². The Morgan fingerprint density at radius 2 is 2.33 bits per heavy atom. The van der Waals surface area contributed by atoms with Crippen LogP contribution in [-0.4, -0.2) is 18.5 Å². The van der Waals surface area contributed by atoms with Gasteiger partial charge in [-0.15, -0.1) is 0 Å². The summed E-state index contributed by atoms with van der Waals surface area (Å²) in [5.74, 6) is 0.0966. The fourth-order valence-corrected chi connectivity index (χ4v) is 2.63. The van der Waals surface area contributed by atoms with Crippen LogP contribution < -0.4 is 10.6 Å². The van der Waals surface area contributed by atoms with Crippen LogP contribution in [0.5, 0.6) is 0 Å². The quantitative estimate of drug-likeness (QED) is 0.898. The number of hydrogen-bond acceptors (Lipinski definition) is 2. The van der Waals surface area contributed by atoms with Crippen molar-refractivity contribution in [2.24, 2.45) is 5.92 Å². The van der Waals surface area contributed by atoms with Crippen LogP contribution in [0.2, 0.25) is 0 Å². The lowest BCUT2D eigenvalue weighted by atomic mass is 9.94. The molecule has 5 heteroatoms. The molecule has 0 radical (unpaired) electrons. The van der Waals surface area contributed by atoms with Gasteiger partial charge in [0.2, 0.25) is 5.91 Å². The SMILES string of the molecule is CC1CCNC(=O)C1NCc1ccc(F)cc1Br. The van der Waals surface area contributed by atoms with Gasteiger partial charge in [0.1, 0.15) is 5.82 Å². The number of carbonyl (C=O) groups is 1. The zero-order valence-corrected chi connectivity index (χ0v) is 11.8. The van der Waals surface area contributed by atoms with Crippen LogP contribution in [0.25, 0.3) is 0 Å². The summed E-state index contributed by atoms with van der Waals surface area (Å²) in [5, 5.41) is 6.08. The monoisotopic (exact) mass is 314 g/mol. The number of benzene rings is 1. The highest BCUT2D eigenvalue weighted by Gasteiger charge is 2.28. The Bertz CT molecular complexity index is 453. The van der Waals surface area contributed by atoms with Gasteiger partial charge >= 0.3 is 0 Å². The molecule has 1 aromatic carbocycles. The van der Waals surface area contributed by atoms with Crippen molar-refractivity contribution in [1.29, 1.82) is 0 Å². The first-order valence-electron chi connectivity index (χ1n) is 6.03. The second-order valence-corrected chi connectivity index (χ2v) is 5.51. The first-order valence-corrected chi connectivity index (χ1v) is 6.82. The number of hydrogen-bond donors (Lipinski definition) is 2. The molecule has 1 heterocycles. The summed E-state index contributed by atoms with van der Waals surface area (Å²) >= 11 is 3.32. The minimum atomic E-state index is -0.269. The molecular weight excluding hydrogens is 299 g/mol. The van der Waals surface area contributed by atoms with Crippen molar-refractivity contribution in [1.82, 2.24) is 10.6 Å². The highest BCUT2D eigenvalue weighted by atomic mass is 79.9. The highest BCUT2D eigenvalue weighted by molar-refractivity contribution is 9.10. The van der Waals surface area contributed by atoms with Crippen molar-refractivity contribution in [3.63, 3.8) is 0 Å². The molecule has 0 aromatic heterocycles. The molecule has 1 aromatic rings. The summed E-state index contributed by atoms with van der Waals surface area (Å²) in [7, 11) is 0. The number of carbonyl (C=O) groups excluding carboxylic acids is 1. The molecule has 2 N–H and O–H groups in total. The largest absolute Gasteiger partial charge is 0.355 e. The molecule has 0 saturated carbocycles. The van der Waals surface area contributed by atoms with Gasteiger partial charge in [-0.2, -0.15) is 0 Å². The van der Waals surface area contributed by atoms with Crippen LogP contribution in [-0.2, 0) is 11.3 Å². The predicted octanol–water partition coefficient (Wildman–Crippen LogP) is 2.20. The molecule has 0 spiro atoms. The number of nitrogens with one attached hydrogen (secondary N) is 2. The molecule has 1 aliphatic rings. The van der Waals surface area contributed by atoms with Gasteiger partial charge in [0, 0.05) is 17.6 Å². The Balaban J connectivity index is 2.00. The van der Waals surface area contributed by atoms with Crippen LogP contribution in [0.15, 0.2) is 22.7 Å². The molecule has 0 bridgehead atoms. The Kier molecular flexibility index (Phi) is 4.35. The van der Waals surface area contributed by atoms with Crippen molar-refractivity contribution >= 4 is 21.8 Å². The summed E-state index contributed by atoms with van der Waals surface area (Å²) in [5.41, 5.74) is 0.946. The van der Waals surface area contributed by atoms with E-state index in [1.54, 1.807) is 6.07 Å². The zero-order chi connectivity index (χ0) is 13.1. The third-order valence-corrected chi connectivity index (χ3v) is 4.02. The summed E-state index contributed by atoms with van der Waals surface area (Å²) in [4.78, 5) is 11.7. The van der Waals surface area contributed by atoms with Crippen LogP contribution in [0.4, 0.5) is 4.39 Å². The van der Waals surface area contributed by atoms with E-state index in [-0.39, 0.29) is 17.8 Å². The Labute approximate surface area is 114 Å². The predicted molar refractivity (Wildman–Crippen MR) is 71.5 cm³/mol. The van der Waals surface area contributed by atoms with Gasteiger partial charge in [-0.3, -0.25) is 4.79 Å². The third kappa shape index (κ3) is 3.09. The van der Waals surface area contributed by atoms with E-state index in [9.17, 15) is 9.18 Å². The molecule has 0 aliphatic carbocycles. The fourth-order valence-electron chi connectivity index (χ4n) is 2.14. The Morgan fingerprint density at radius 3 is 3.00 bits per heavy atom. The topological polar surface area (TPSA) is 41.1 Å². The first kappa shape index (κ1) is 13.5. The molecule has 98 valence electrons. The fraction of sp³-hybridized carbons (Fsp3) is 0.462. The smallest absolute Gasteiger partial charge is 0.237 e. The molecular formula is C13H16BrFN2O. The van der Waals surface area contributed by atoms with Gasteiger partial charge in [0.15, 0.2) is 0 Å². The molecule has 2 unspecified atom stereocenters. The summed E-state index contributed by atoms with van der Waals surface area (Å²) < 4.78 is 13.7. The van der Waals surface area contributed by atoms with Crippen molar-refractivity contribution in [2.45, 2.75) is 25.9 Å². The molecule has 1 aliphatic heterocycles. The average molecular weight is 315 g/mol. The third-order valence-electron chi connectivity index (χ3n) is 3.28. The summed E-state index contributed by atoms with van der Waals surface area (Å²) in [6, 6.07) is 4.40. The molecule has 1 saturated heterocycles. The molecule has 2 rings (SSSR count). The minimum absolute atomic E-state index is 0.0481. The van der Waals surface area contributed by atoms with Crippen LogP contribution in [0.3, 0.4) is 0 Å². The second-order valence-electron chi connectivity index (χ2n) is 4.65. The van der Waals surface area contributed by atoms with Gasteiger partial charge in [0.05, 0.1) is 6.04 Å². The van der Waals surface area contributed by atoms with E-state index in [0.29, 0.717) is 12.5 Å². The van der Waals surface area contributed by atoms with Crippen molar-refractivity contribution < 1.29 is 9.18 Å². The summed E-state index contributed by atoms with van der Waals surface area (Å²) in [6.45, 7) is 3.36. The molecule has 1 amide bonds. The minimum Gasteiger partial charge on any atom is -0.355 e. The standard InChI is InChI=1S/C13H16BrFN2O/c1-8-4-5-16-13(18)12(8)17-7-9-2-3-10(15)6-11(9)14/h2-3,6,8,12,17H,4-5,7H2,1H3,(H,16,18). The zero-order valence-electron chi connectivity index (χ0n) is 10.2. The maximum absolute atomic E-state index is 13.0. The van der Waals surface area contributed by atoms with Crippen molar-refractivity contribution in [3.8, 4) is 0 Å². The van der Waals surface area contributed by atoms with Crippen LogP contribution in [0.1, 0.15) is 18.9 Å². The lowest BCUT2D eigenvalue weighted by Gasteiger charge is -2.29. The van der Waals surface area contributed by atoms with Crippen molar-refractivity contribution in [3.05, 3.63) is 34.1 Å². The maximum Gasteiger partial charge on any atom is 0.237 e. The van der Waals surface area contributed by atoms with Crippen molar-refractivity contribution in [2.75, 3.05) is 6.54 Å². The number of piperidine rings is 1. The highest BCUT2D eigenvalue weighted by Crippen LogP contribution is 2.19. The number of halogens is 2. The number of amides is 1. The maximum atomic E-state index is 13.0. The lowest BCUT2D eigenvalue weighted by Crippen LogP contribution is -2.52. The van der Waals surface area contributed by atoms with E-state index >= 15 is 0 Å². The normalized spacial score (nSPS) is 23.8. The molecule has 2 atom stereocenters. The van der Waals surface area contributed by atoms with Gasteiger partial charge in [-0.05, 0) is 30.0 Å². The average Bonchev–Trinajstić information content (AvgIpc) is 2.31. The molecule has 18 heavy (non-hydrogen) atoms. The first-order chi connectivity index (χ1) is 8.58. The Hall–Kier alpha value is -0.940. The van der Waals surface area contributed by atoms with Gasteiger partial charge in [0.25, 0.3) is 0 Å². The molecule has 1 fully saturated rings. The lowest BCUT2D eigenvalue weighted by molar-refractivity contribution is -0.126. The summed E-state index contributed by atoms with van der Waals surface area (Å²) in [6.07, 6.45) is 0.980. The van der Waals surface area contributed by atoms with Gasteiger partial charge in [-0.25, -0.2) is 4.39 Å². The van der Waals surface area contributed by atoms with E-state index in [1.165, 1.54) is 12.1 Å². The van der Waals surface area contributed by atoms with Crippen LogP contribution >= 0.6 is 15.9 Å². The second kappa shape index (κ2) is 5.80. The Morgan fingerprint density at radius 1 is 1.56 bits per heavy atom.